The molecule has 1 N–H and O–H groups in total. The molecule has 1 aromatic rings. The van der Waals surface area contributed by atoms with Crippen LogP contribution < -0.4 is 5.32 Å². The van der Waals surface area contributed by atoms with E-state index in [1.54, 1.807) is 16.9 Å². The van der Waals surface area contributed by atoms with Gasteiger partial charge in [-0.1, -0.05) is 6.08 Å². The van der Waals surface area contributed by atoms with Crippen LogP contribution in [0.1, 0.15) is 12.0 Å². The van der Waals surface area contributed by atoms with E-state index >= 15 is 0 Å². The molecule has 2 heteroatoms. The van der Waals surface area contributed by atoms with Crippen molar-refractivity contribution in [1.82, 2.24) is 5.32 Å². The zero-order valence-corrected chi connectivity index (χ0v) is 8.31. The molecule has 13 heavy (non-hydrogen) atoms. The normalized spacial score (nSPS) is 31.8. The highest BCUT2D eigenvalue weighted by Gasteiger charge is 2.31. The number of allylic oxidation sites excluding steroid dienone is 1. The molecule has 0 unspecified atom stereocenters. The molecule has 0 bridgehead atoms. The monoisotopic (exact) mass is 191 g/mol. The first kappa shape index (κ1) is 7.77. The van der Waals surface area contributed by atoms with Crippen LogP contribution in [0.2, 0.25) is 0 Å². The average Bonchev–Trinajstić information content (AvgIpc) is 2.78. The van der Waals surface area contributed by atoms with Crippen molar-refractivity contribution in [3.8, 4) is 0 Å². The van der Waals surface area contributed by atoms with Crippen molar-refractivity contribution >= 4 is 16.9 Å². The van der Waals surface area contributed by atoms with Crippen LogP contribution in [0.5, 0.6) is 0 Å². The van der Waals surface area contributed by atoms with Gasteiger partial charge in [0.15, 0.2) is 0 Å². The quantitative estimate of drug-likeness (QED) is 0.718. The van der Waals surface area contributed by atoms with Crippen LogP contribution in [0, 0.1) is 11.8 Å². The average molecular weight is 191 g/mol. The van der Waals surface area contributed by atoms with Crippen molar-refractivity contribution in [3.63, 3.8) is 0 Å². The van der Waals surface area contributed by atoms with Crippen molar-refractivity contribution in [3.05, 3.63) is 28.5 Å². The van der Waals surface area contributed by atoms with Crippen molar-refractivity contribution < 1.29 is 0 Å². The minimum atomic E-state index is 0.815. The summed E-state index contributed by atoms with van der Waals surface area (Å²) in [4.78, 5) is 0. The Morgan fingerprint density at radius 1 is 1.38 bits per heavy atom. The molecule has 0 aromatic carbocycles. The second-order valence-corrected chi connectivity index (χ2v) is 4.77. The van der Waals surface area contributed by atoms with E-state index in [0.29, 0.717) is 0 Å². The summed E-state index contributed by atoms with van der Waals surface area (Å²) in [6.07, 6.45) is 3.76. The van der Waals surface area contributed by atoms with Crippen molar-refractivity contribution in [1.29, 1.82) is 0 Å². The molecule has 1 nitrogen and oxygen atoms in total. The van der Waals surface area contributed by atoms with Gasteiger partial charge in [0.05, 0.1) is 0 Å². The minimum Gasteiger partial charge on any atom is -0.316 e. The Kier molecular flexibility index (Phi) is 1.77. The Labute approximate surface area is 82.5 Å². The number of rotatable bonds is 1. The fraction of sp³-hybridized carbons (Fsp3) is 0.455. The van der Waals surface area contributed by atoms with Crippen LogP contribution in [0.3, 0.4) is 0 Å². The number of hydrogen-bond acceptors (Lipinski definition) is 2. The van der Waals surface area contributed by atoms with Gasteiger partial charge in [0.2, 0.25) is 0 Å². The molecule has 1 aliphatic carbocycles. The van der Waals surface area contributed by atoms with E-state index in [2.05, 4.69) is 28.2 Å². The van der Waals surface area contributed by atoms with Crippen LogP contribution in [0.15, 0.2) is 22.9 Å². The van der Waals surface area contributed by atoms with Gasteiger partial charge >= 0.3 is 0 Å². The maximum atomic E-state index is 3.45. The molecule has 0 amide bonds. The summed E-state index contributed by atoms with van der Waals surface area (Å²) < 4.78 is 0. The van der Waals surface area contributed by atoms with E-state index in [0.717, 1.165) is 11.8 Å². The number of nitrogens with one attached hydrogen (secondary N) is 1. The fourth-order valence-corrected chi connectivity index (χ4v) is 3.12. The van der Waals surface area contributed by atoms with Gasteiger partial charge in [-0.05, 0) is 52.8 Å². The smallest absolute Gasteiger partial charge is 0.00178 e. The van der Waals surface area contributed by atoms with Gasteiger partial charge < -0.3 is 5.32 Å². The Morgan fingerprint density at radius 2 is 2.38 bits per heavy atom. The van der Waals surface area contributed by atoms with E-state index < -0.39 is 0 Å². The predicted molar refractivity (Wildman–Crippen MR) is 56.8 cm³/mol. The first-order valence-electron chi connectivity index (χ1n) is 4.87. The molecular formula is C11H13NS. The molecule has 68 valence electrons. The zero-order chi connectivity index (χ0) is 8.67. The summed E-state index contributed by atoms with van der Waals surface area (Å²) in [5.74, 6) is 1.70. The second kappa shape index (κ2) is 2.96. The highest BCUT2D eigenvalue weighted by molar-refractivity contribution is 7.08. The van der Waals surface area contributed by atoms with Gasteiger partial charge in [0, 0.05) is 6.54 Å². The Morgan fingerprint density at radius 3 is 3.15 bits per heavy atom. The third kappa shape index (κ3) is 1.25. The third-order valence-electron chi connectivity index (χ3n) is 3.18. The van der Waals surface area contributed by atoms with Gasteiger partial charge in [0.1, 0.15) is 0 Å². The molecule has 1 fully saturated rings. The summed E-state index contributed by atoms with van der Waals surface area (Å²) in [7, 11) is 0. The highest BCUT2D eigenvalue weighted by Crippen LogP contribution is 2.38. The first-order chi connectivity index (χ1) is 6.43. The van der Waals surface area contributed by atoms with Crippen LogP contribution in [0.4, 0.5) is 0 Å². The second-order valence-electron chi connectivity index (χ2n) is 3.99. The molecule has 0 spiro atoms. The molecule has 0 radical (unpaired) electrons. The zero-order valence-electron chi connectivity index (χ0n) is 7.49. The van der Waals surface area contributed by atoms with E-state index in [1.165, 1.54) is 25.1 Å². The van der Waals surface area contributed by atoms with Gasteiger partial charge in [-0.2, -0.15) is 11.3 Å². The number of hydrogen-bond donors (Lipinski definition) is 1. The molecular weight excluding hydrogens is 178 g/mol. The molecule has 2 atom stereocenters. The maximum Gasteiger partial charge on any atom is 0.00178 e. The number of thiophene rings is 1. The Bertz CT molecular complexity index is 326. The van der Waals surface area contributed by atoms with E-state index in [-0.39, 0.29) is 0 Å². The van der Waals surface area contributed by atoms with Crippen LogP contribution in [-0.2, 0) is 0 Å². The Hall–Kier alpha value is -0.600. The molecule has 2 aliphatic rings. The molecule has 2 heterocycles. The van der Waals surface area contributed by atoms with Gasteiger partial charge in [-0.3, -0.25) is 0 Å². The van der Waals surface area contributed by atoms with Crippen LogP contribution in [-0.4, -0.2) is 13.1 Å². The molecule has 0 saturated carbocycles. The van der Waals surface area contributed by atoms with Crippen LogP contribution in [0.25, 0.3) is 5.57 Å². The minimum absolute atomic E-state index is 0.815. The summed E-state index contributed by atoms with van der Waals surface area (Å²) in [6.45, 7) is 2.41. The Balaban J connectivity index is 1.88. The van der Waals surface area contributed by atoms with Crippen molar-refractivity contribution in [2.75, 3.05) is 13.1 Å². The lowest BCUT2D eigenvalue weighted by molar-refractivity contribution is 0.536. The number of fused-ring (bicyclic) bond motifs is 1. The molecule has 1 aliphatic heterocycles. The first-order valence-corrected chi connectivity index (χ1v) is 5.82. The van der Waals surface area contributed by atoms with Crippen molar-refractivity contribution in [2.24, 2.45) is 11.8 Å². The predicted octanol–water partition coefficient (Wildman–Crippen LogP) is 2.37. The van der Waals surface area contributed by atoms with E-state index in [4.69, 9.17) is 0 Å². The lowest BCUT2D eigenvalue weighted by atomic mass is 9.99. The summed E-state index contributed by atoms with van der Waals surface area (Å²) in [5.41, 5.74) is 3.04. The largest absolute Gasteiger partial charge is 0.316 e. The maximum absolute atomic E-state index is 3.45. The van der Waals surface area contributed by atoms with Gasteiger partial charge in [0.25, 0.3) is 0 Å². The van der Waals surface area contributed by atoms with E-state index in [9.17, 15) is 0 Å². The molecule has 1 aromatic heterocycles. The van der Waals surface area contributed by atoms with Gasteiger partial charge in [-0.25, -0.2) is 0 Å². The lowest BCUT2D eigenvalue weighted by Gasteiger charge is -2.04. The van der Waals surface area contributed by atoms with E-state index in [1.807, 2.05) is 0 Å². The standard InChI is InChI=1S/C11H13NS/c1-2-13-7-8(1)9-3-10-5-12-6-11(10)4-9/h1-3,7,10-12H,4-6H2/t10-,11+/m1/s1. The topological polar surface area (TPSA) is 12.0 Å². The van der Waals surface area contributed by atoms with Gasteiger partial charge in [-0.15, -0.1) is 0 Å². The summed E-state index contributed by atoms with van der Waals surface area (Å²) in [5, 5.41) is 7.88. The third-order valence-corrected chi connectivity index (χ3v) is 3.86. The summed E-state index contributed by atoms with van der Waals surface area (Å²) in [6, 6.07) is 2.24. The highest BCUT2D eigenvalue weighted by atomic mass is 32.1. The van der Waals surface area contributed by atoms with Crippen LogP contribution >= 0.6 is 11.3 Å². The lowest BCUT2D eigenvalue weighted by Crippen LogP contribution is -2.08. The summed E-state index contributed by atoms with van der Waals surface area (Å²) >= 11 is 1.80. The fourth-order valence-electron chi connectivity index (χ4n) is 2.44. The SMILES string of the molecule is C1=C(c2ccsc2)C[C@H]2CNC[C@@H]12. The van der Waals surface area contributed by atoms with Crippen molar-refractivity contribution in [2.45, 2.75) is 6.42 Å². The molecule has 3 rings (SSSR count). The molecule has 1 saturated heterocycles.